The first-order valence-electron chi connectivity index (χ1n) is 6.64. The second kappa shape index (κ2) is 7.11. The molecule has 0 radical (unpaired) electrons. The Hall–Kier alpha value is -1.04. The van der Waals surface area contributed by atoms with Crippen LogP contribution in [0.4, 0.5) is 4.39 Å². The summed E-state index contributed by atoms with van der Waals surface area (Å²) in [4.78, 5) is 1.06. The second-order valence-electron chi connectivity index (χ2n) is 4.45. The molecular weight excluding hydrogens is 297 g/mol. The molecule has 108 valence electrons. The number of halogens is 2. The molecule has 20 heavy (non-hydrogen) atoms. The van der Waals surface area contributed by atoms with Gasteiger partial charge >= 0.3 is 0 Å². The van der Waals surface area contributed by atoms with E-state index in [-0.39, 0.29) is 11.9 Å². The Morgan fingerprint density at radius 2 is 2.20 bits per heavy atom. The Morgan fingerprint density at radius 1 is 1.40 bits per heavy atom. The van der Waals surface area contributed by atoms with E-state index < -0.39 is 0 Å². The first-order chi connectivity index (χ1) is 9.67. The van der Waals surface area contributed by atoms with Crippen molar-refractivity contribution in [3.8, 4) is 0 Å². The van der Waals surface area contributed by atoms with Crippen LogP contribution in [-0.4, -0.2) is 16.1 Å². The highest BCUT2D eigenvalue weighted by Crippen LogP contribution is 2.28. The summed E-state index contributed by atoms with van der Waals surface area (Å²) in [6.45, 7) is 4.85. The minimum Gasteiger partial charge on any atom is -0.309 e. The highest BCUT2D eigenvalue weighted by Gasteiger charge is 2.21. The highest BCUT2D eigenvalue weighted by atomic mass is 35.5. The summed E-state index contributed by atoms with van der Waals surface area (Å²) in [5.74, 6) is -0.268. The quantitative estimate of drug-likeness (QED) is 0.881. The lowest BCUT2D eigenvalue weighted by molar-refractivity contribution is 0.530. The molecule has 0 aliphatic carbocycles. The van der Waals surface area contributed by atoms with Crippen molar-refractivity contribution in [1.82, 2.24) is 14.9 Å². The summed E-state index contributed by atoms with van der Waals surface area (Å²) in [6.07, 6.45) is 1.31. The van der Waals surface area contributed by atoms with Gasteiger partial charge in [0.05, 0.1) is 10.6 Å². The average Bonchev–Trinajstić information content (AvgIpc) is 2.90. The van der Waals surface area contributed by atoms with E-state index in [2.05, 4.69) is 14.9 Å². The molecule has 0 amide bonds. The third-order valence-corrected chi connectivity index (χ3v) is 4.39. The highest BCUT2D eigenvalue weighted by molar-refractivity contribution is 7.05. The minimum atomic E-state index is -0.268. The van der Waals surface area contributed by atoms with Crippen LogP contribution in [0, 0.1) is 5.82 Å². The number of hydrogen-bond donors (Lipinski definition) is 1. The molecule has 0 aliphatic rings. The van der Waals surface area contributed by atoms with Gasteiger partial charge in [-0.15, -0.1) is 5.10 Å². The molecule has 0 bridgehead atoms. The Labute approximate surface area is 127 Å². The predicted molar refractivity (Wildman–Crippen MR) is 80.8 cm³/mol. The summed E-state index contributed by atoms with van der Waals surface area (Å²) < 4.78 is 17.9. The van der Waals surface area contributed by atoms with Gasteiger partial charge in [0.15, 0.2) is 0 Å². The molecule has 1 N–H and O–H groups in total. The molecule has 2 rings (SSSR count). The maximum absolute atomic E-state index is 13.9. The van der Waals surface area contributed by atoms with Crippen molar-refractivity contribution < 1.29 is 4.39 Å². The van der Waals surface area contributed by atoms with Gasteiger partial charge in [-0.2, -0.15) is 0 Å². The zero-order valence-corrected chi connectivity index (χ0v) is 13.1. The molecule has 0 spiro atoms. The van der Waals surface area contributed by atoms with E-state index in [1.165, 1.54) is 17.6 Å². The van der Waals surface area contributed by atoms with E-state index in [4.69, 9.17) is 11.6 Å². The van der Waals surface area contributed by atoms with Crippen LogP contribution in [-0.2, 0) is 12.8 Å². The molecule has 0 saturated carbocycles. The number of benzene rings is 1. The molecule has 1 heterocycles. The van der Waals surface area contributed by atoms with Gasteiger partial charge in [0.1, 0.15) is 5.82 Å². The van der Waals surface area contributed by atoms with Crippen LogP contribution in [0.15, 0.2) is 18.2 Å². The van der Waals surface area contributed by atoms with E-state index >= 15 is 0 Å². The van der Waals surface area contributed by atoms with Gasteiger partial charge in [0, 0.05) is 16.6 Å². The van der Waals surface area contributed by atoms with Gasteiger partial charge in [-0.1, -0.05) is 36.0 Å². The van der Waals surface area contributed by atoms with Crippen molar-refractivity contribution in [2.45, 2.75) is 32.7 Å². The number of likely N-dealkylation sites (N-methyl/N-ethyl adjacent to an activating group) is 1. The topological polar surface area (TPSA) is 37.8 Å². The van der Waals surface area contributed by atoms with Crippen LogP contribution < -0.4 is 5.32 Å². The van der Waals surface area contributed by atoms with Crippen LogP contribution in [0.25, 0.3) is 0 Å². The number of nitrogens with one attached hydrogen (secondary N) is 1. The average molecular weight is 314 g/mol. The predicted octanol–water partition coefficient (Wildman–Crippen LogP) is 3.79. The minimum absolute atomic E-state index is 0.00986. The number of hydrogen-bond acceptors (Lipinski definition) is 4. The molecule has 3 nitrogen and oxygen atoms in total. The first-order valence-corrected chi connectivity index (χ1v) is 7.79. The fourth-order valence-electron chi connectivity index (χ4n) is 2.16. The van der Waals surface area contributed by atoms with Crippen LogP contribution in [0.5, 0.6) is 0 Å². The number of aryl methyl sites for hydroxylation is 1. The van der Waals surface area contributed by atoms with Gasteiger partial charge < -0.3 is 5.32 Å². The normalized spacial score (nSPS) is 12.6. The molecule has 0 saturated heterocycles. The summed E-state index contributed by atoms with van der Waals surface area (Å²) >= 11 is 7.48. The van der Waals surface area contributed by atoms with Gasteiger partial charge in [0.2, 0.25) is 0 Å². The van der Waals surface area contributed by atoms with Gasteiger partial charge in [-0.25, -0.2) is 4.39 Å². The van der Waals surface area contributed by atoms with Gasteiger partial charge in [-0.05, 0) is 43.1 Å². The molecule has 1 atom stereocenters. The Balaban J connectivity index is 2.30. The van der Waals surface area contributed by atoms with E-state index in [1.807, 2.05) is 13.8 Å². The summed E-state index contributed by atoms with van der Waals surface area (Å²) in [5, 5.41) is 7.96. The van der Waals surface area contributed by atoms with Crippen molar-refractivity contribution in [3.05, 3.63) is 45.2 Å². The molecule has 1 aromatic heterocycles. The lowest BCUT2D eigenvalue weighted by Crippen LogP contribution is -2.23. The third kappa shape index (κ3) is 3.34. The summed E-state index contributed by atoms with van der Waals surface area (Å²) in [7, 11) is 0. The fourth-order valence-corrected chi connectivity index (χ4v) is 3.21. The molecular formula is C14H17ClFN3S. The van der Waals surface area contributed by atoms with Gasteiger partial charge in [0.25, 0.3) is 0 Å². The second-order valence-corrected chi connectivity index (χ2v) is 5.64. The standard InChI is InChI=1S/C14H17ClFN3S/c1-3-12-14(20-19-18-12)13(17-4-2)8-9-10(15)6-5-7-11(9)16/h5-7,13,17H,3-4,8H2,1-2H3. The van der Waals surface area contributed by atoms with Crippen LogP contribution in [0.1, 0.15) is 36.0 Å². The van der Waals surface area contributed by atoms with Crippen LogP contribution in [0.3, 0.4) is 0 Å². The number of rotatable bonds is 6. The zero-order valence-electron chi connectivity index (χ0n) is 11.5. The lowest BCUT2D eigenvalue weighted by atomic mass is 10.0. The van der Waals surface area contributed by atoms with Crippen molar-refractivity contribution in [1.29, 1.82) is 0 Å². The molecule has 1 unspecified atom stereocenters. The SMILES string of the molecule is CCNC(Cc1c(F)cccc1Cl)c1snnc1CC. The Bertz CT molecular complexity index is 553. The Kier molecular flexibility index (Phi) is 5.46. The lowest BCUT2D eigenvalue weighted by Gasteiger charge is -2.18. The van der Waals surface area contributed by atoms with Crippen molar-refractivity contribution >= 4 is 23.1 Å². The molecule has 2 aromatic rings. The number of aromatic nitrogens is 2. The monoisotopic (exact) mass is 313 g/mol. The number of nitrogens with zero attached hydrogens (tertiary/aromatic N) is 2. The zero-order chi connectivity index (χ0) is 14.5. The third-order valence-electron chi connectivity index (χ3n) is 3.16. The fraction of sp³-hybridized carbons (Fsp3) is 0.429. The maximum Gasteiger partial charge on any atom is 0.127 e. The van der Waals surface area contributed by atoms with E-state index in [9.17, 15) is 4.39 Å². The Morgan fingerprint density at radius 3 is 2.85 bits per heavy atom. The maximum atomic E-state index is 13.9. The molecule has 1 aromatic carbocycles. The first kappa shape index (κ1) is 15.4. The van der Waals surface area contributed by atoms with Crippen molar-refractivity contribution in [2.24, 2.45) is 0 Å². The molecule has 0 aliphatic heterocycles. The van der Waals surface area contributed by atoms with E-state index in [0.29, 0.717) is 17.0 Å². The summed E-state index contributed by atoms with van der Waals surface area (Å²) in [6, 6.07) is 4.77. The summed E-state index contributed by atoms with van der Waals surface area (Å²) in [5.41, 5.74) is 1.50. The smallest absolute Gasteiger partial charge is 0.127 e. The van der Waals surface area contributed by atoms with E-state index in [1.54, 1.807) is 12.1 Å². The van der Waals surface area contributed by atoms with Crippen LogP contribution in [0.2, 0.25) is 5.02 Å². The van der Waals surface area contributed by atoms with Crippen molar-refractivity contribution in [3.63, 3.8) is 0 Å². The van der Waals surface area contributed by atoms with E-state index in [0.717, 1.165) is 23.5 Å². The van der Waals surface area contributed by atoms with Crippen molar-refractivity contribution in [2.75, 3.05) is 6.54 Å². The molecule has 6 heteroatoms. The van der Waals surface area contributed by atoms with Crippen LogP contribution >= 0.6 is 23.1 Å². The van der Waals surface area contributed by atoms with Gasteiger partial charge in [-0.3, -0.25) is 0 Å². The largest absolute Gasteiger partial charge is 0.309 e. The molecule has 0 fully saturated rings.